The second kappa shape index (κ2) is 3.21. The van der Waals surface area contributed by atoms with Crippen LogP contribution in [0.5, 0.6) is 0 Å². The predicted molar refractivity (Wildman–Crippen MR) is 62.9 cm³/mol. The van der Waals surface area contributed by atoms with E-state index in [4.69, 9.17) is 0 Å². The van der Waals surface area contributed by atoms with Crippen LogP contribution < -0.4 is 0 Å². The van der Waals surface area contributed by atoms with Crippen molar-refractivity contribution >= 4 is 0 Å². The van der Waals surface area contributed by atoms with E-state index in [0.717, 1.165) is 18.0 Å². The summed E-state index contributed by atoms with van der Waals surface area (Å²) in [6, 6.07) is 1.86. The van der Waals surface area contributed by atoms with Gasteiger partial charge in [-0.25, -0.2) is 0 Å². The number of hydrogen-bond donors (Lipinski definition) is 0. The summed E-state index contributed by atoms with van der Waals surface area (Å²) in [5, 5.41) is 0. The number of rotatable bonds is 0. The van der Waals surface area contributed by atoms with E-state index in [1.165, 1.54) is 38.9 Å². The summed E-state index contributed by atoms with van der Waals surface area (Å²) in [6.45, 7) is 11.0. The van der Waals surface area contributed by atoms with Gasteiger partial charge in [0.15, 0.2) is 0 Å². The molecule has 1 unspecified atom stereocenters. The normalized spacial score (nSPS) is 42.2. The van der Waals surface area contributed by atoms with Gasteiger partial charge in [-0.05, 0) is 46.0 Å². The molecule has 15 heavy (non-hydrogen) atoms. The molecule has 0 N–H and O–H groups in total. The summed E-state index contributed by atoms with van der Waals surface area (Å²) in [7, 11) is 0. The maximum atomic E-state index is 2.82. The second-order valence-corrected chi connectivity index (χ2v) is 6.65. The van der Waals surface area contributed by atoms with Crippen molar-refractivity contribution in [1.29, 1.82) is 0 Å². The van der Waals surface area contributed by atoms with Gasteiger partial charge in [0.2, 0.25) is 0 Å². The molecule has 3 aliphatic rings. The Kier molecular flexibility index (Phi) is 2.16. The molecule has 2 bridgehead atoms. The number of nitrogens with zero attached hydrogens (tertiary/aromatic N) is 2. The lowest BCUT2D eigenvalue weighted by Gasteiger charge is -2.48. The molecule has 1 saturated carbocycles. The fraction of sp³-hybridized carbons (Fsp3) is 1.00. The molecule has 0 spiro atoms. The highest BCUT2D eigenvalue weighted by Gasteiger charge is 2.48. The zero-order valence-electron chi connectivity index (χ0n) is 10.4. The van der Waals surface area contributed by atoms with E-state index in [-0.39, 0.29) is 0 Å². The highest BCUT2D eigenvalue weighted by Crippen LogP contribution is 2.44. The number of piperidine rings is 1. The molecule has 2 aliphatic heterocycles. The summed E-state index contributed by atoms with van der Waals surface area (Å²) in [5.74, 6) is 1.03. The lowest BCUT2D eigenvalue weighted by atomic mass is 9.94. The minimum atomic E-state index is 0.369. The van der Waals surface area contributed by atoms with Gasteiger partial charge in [-0.15, -0.1) is 0 Å². The molecule has 0 aromatic rings. The van der Waals surface area contributed by atoms with Crippen LogP contribution in [0, 0.1) is 5.92 Å². The highest BCUT2D eigenvalue weighted by atomic mass is 15.3. The first-order valence-corrected chi connectivity index (χ1v) is 6.56. The van der Waals surface area contributed by atoms with Crippen LogP contribution in [-0.4, -0.2) is 47.1 Å². The molecule has 3 atom stereocenters. The van der Waals surface area contributed by atoms with Crippen LogP contribution in [0.2, 0.25) is 0 Å². The van der Waals surface area contributed by atoms with Crippen molar-refractivity contribution < 1.29 is 0 Å². The molecule has 3 fully saturated rings. The number of piperazine rings is 1. The van der Waals surface area contributed by atoms with Gasteiger partial charge < -0.3 is 0 Å². The van der Waals surface area contributed by atoms with E-state index in [1.807, 2.05) is 0 Å². The molecule has 0 aromatic carbocycles. The SMILES string of the molecule is CC(C)(C)N1CCN2C(C1)[C@H]1CC[C@@H]2C1. The molecule has 0 amide bonds. The Labute approximate surface area is 93.6 Å². The van der Waals surface area contributed by atoms with E-state index in [1.54, 1.807) is 0 Å². The largest absolute Gasteiger partial charge is 0.296 e. The lowest BCUT2D eigenvalue weighted by Crippen LogP contribution is -2.59. The van der Waals surface area contributed by atoms with Gasteiger partial charge in [0, 0.05) is 37.3 Å². The van der Waals surface area contributed by atoms with Crippen LogP contribution in [0.3, 0.4) is 0 Å². The van der Waals surface area contributed by atoms with Crippen molar-refractivity contribution in [3.63, 3.8) is 0 Å². The molecular weight excluding hydrogens is 184 g/mol. The van der Waals surface area contributed by atoms with Gasteiger partial charge in [0.05, 0.1) is 0 Å². The Morgan fingerprint density at radius 1 is 1.07 bits per heavy atom. The van der Waals surface area contributed by atoms with Gasteiger partial charge >= 0.3 is 0 Å². The third-order valence-electron chi connectivity index (χ3n) is 4.87. The van der Waals surface area contributed by atoms with Crippen molar-refractivity contribution in [2.75, 3.05) is 19.6 Å². The van der Waals surface area contributed by atoms with E-state index >= 15 is 0 Å². The zero-order chi connectivity index (χ0) is 10.6. The van der Waals surface area contributed by atoms with Gasteiger partial charge in [-0.1, -0.05) is 0 Å². The Balaban J connectivity index is 1.73. The van der Waals surface area contributed by atoms with Crippen LogP contribution in [0.1, 0.15) is 40.0 Å². The third kappa shape index (κ3) is 1.53. The molecule has 1 aliphatic carbocycles. The fourth-order valence-corrected chi connectivity index (χ4v) is 3.95. The van der Waals surface area contributed by atoms with Crippen molar-refractivity contribution in [3.05, 3.63) is 0 Å². The Morgan fingerprint density at radius 2 is 1.87 bits per heavy atom. The van der Waals surface area contributed by atoms with Gasteiger partial charge in [0.25, 0.3) is 0 Å². The van der Waals surface area contributed by atoms with Crippen molar-refractivity contribution in [2.45, 2.75) is 57.7 Å². The summed E-state index contributed by atoms with van der Waals surface area (Å²) >= 11 is 0. The maximum Gasteiger partial charge on any atom is 0.0255 e. The van der Waals surface area contributed by atoms with E-state index in [2.05, 4.69) is 30.6 Å². The van der Waals surface area contributed by atoms with Crippen molar-refractivity contribution in [3.8, 4) is 0 Å². The fourth-order valence-electron chi connectivity index (χ4n) is 3.95. The predicted octanol–water partition coefficient (Wildman–Crippen LogP) is 1.95. The molecule has 2 saturated heterocycles. The summed E-state index contributed by atoms with van der Waals surface area (Å²) in [6.07, 6.45) is 4.49. The molecule has 0 radical (unpaired) electrons. The van der Waals surface area contributed by atoms with Crippen molar-refractivity contribution in [2.24, 2.45) is 5.92 Å². The van der Waals surface area contributed by atoms with E-state index in [9.17, 15) is 0 Å². The summed E-state index contributed by atoms with van der Waals surface area (Å²) in [5.41, 5.74) is 0.369. The molecule has 2 heterocycles. The summed E-state index contributed by atoms with van der Waals surface area (Å²) < 4.78 is 0. The van der Waals surface area contributed by atoms with Crippen LogP contribution in [0.25, 0.3) is 0 Å². The van der Waals surface area contributed by atoms with Crippen LogP contribution in [0.4, 0.5) is 0 Å². The Bertz CT molecular complexity index is 256. The minimum Gasteiger partial charge on any atom is -0.296 e. The smallest absolute Gasteiger partial charge is 0.0255 e. The average Bonchev–Trinajstić information content (AvgIpc) is 2.76. The lowest BCUT2D eigenvalue weighted by molar-refractivity contribution is 0.00209. The van der Waals surface area contributed by atoms with Crippen LogP contribution >= 0.6 is 0 Å². The topological polar surface area (TPSA) is 6.48 Å². The van der Waals surface area contributed by atoms with Gasteiger partial charge in [-0.2, -0.15) is 0 Å². The Hall–Kier alpha value is -0.0800. The maximum absolute atomic E-state index is 2.82. The second-order valence-electron chi connectivity index (χ2n) is 6.65. The molecule has 2 nitrogen and oxygen atoms in total. The van der Waals surface area contributed by atoms with Crippen LogP contribution in [0.15, 0.2) is 0 Å². The zero-order valence-corrected chi connectivity index (χ0v) is 10.4. The van der Waals surface area contributed by atoms with Gasteiger partial charge in [-0.3, -0.25) is 9.80 Å². The highest BCUT2D eigenvalue weighted by molar-refractivity contribution is 5.03. The molecular formula is C13H24N2. The minimum absolute atomic E-state index is 0.369. The Morgan fingerprint density at radius 3 is 2.60 bits per heavy atom. The average molecular weight is 208 g/mol. The third-order valence-corrected chi connectivity index (χ3v) is 4.87. The standard InChI is InChI=1S/C13H24N2/c1-13(2,3)14-6-7-15-11-5-4-10(8-11)12(15)9-14/h10-12H,4-9H2,1-3H3/t10-,11+,12?/m0/s1. The van der Waals surface area contributed by atoms with Gasteiger partial charge in [0.1, 0.15) is 0 Å². The number of fused-ring (bicyclic) bond motifs is 5. The van der Waals surface area contributed by atoms with Crippen LogP contribution in [-0.2, 0) is 0 Å². The molecule has 86 valence electrons. The molecule has 3 rings (SSSR count). The van der Waals surface area contributed by atoms with E-state index in [0.29, 0.717) is 5.54 Å². The summed E-state index contributed by atoms with van der Waals surface area (Å²) in [4.78, 5) is 5.51. The quantitative estimate of drug-likeness (QED) is 0.600. The first-order valence-electron chi connectivity index (χ1n) is 6.56. The number of hydrogen-bond acceptors (Lipinski definition) is 2. The first-order chi connectivity index (χ1) is 7.05. The molecule has 2 heteroatoms. The molecule has 0 aromatic heterocycles. The monoisotopic (exact) mass is 208 g/mol. The van der Waals surface area contributed by atoms with Crippen molar-refractivity contribution in [1.82, 2.24) is 9.80 Å². The van der Waals surface area contributed by atoms with E-state index < -0.39 is 0 Å². The first kappa shape index (κ1) is 10.1.